The molecule has 2 aromatic carbocycles. The summed E-state index contributed by atoms with van der Waals surface area (Å²) in [6, 6.07) is 13.5. The molecule has 2 aromatic rings. The minimum Gasteiger partial charge on any atom is -0.488 e. The summed E-state index contributed by atoms with van der Waals surface area (Å²) < 4.78 is 33.7. The Labute approximate surface area is 232 Å². The number of carbonyl (C=O) groups is 3. The van der Waals surface area contributed by atoms with Crippen molar-refractivity contribution < 1.29 is 42.8 Å². The first kappa shape index (κ1) is 28.9. The lowest BCUT2D eigenvalue weighted by molar-refractivity contribution is -0.216. The number of hydrogen-bond acceptors (Lipinski definition) is 9. The number of benzene rings is 2. The third-order valence-corrected chi connectivity index (χ3v) is 6.91. The maximum Gasteiger partial charge on any atom is 0.303 e. The second-order valence-electron chi connectivity index (χ2n) is 9.70. The van der Waals surface area contributed by atoms with Crippen molar-refractivity contribution in [1.29, 1.82) is 0 Å². The molecule has 2 saturated heterocycles. The highest BCUT2D eigenvalue weighted by Crippen LogP contribution is 2.37. The third kappa shape index (κ3) is 8.17. The van der Waals surface area contributed by atoms with Crippen LogP contribution in [0.25, 0.3) is 0 Å². The van der Waals surface area contributed by atoms with E-state index in [1.54, 1.807) is 6.07 Å². The molecule has 39 heavy (non-hydrogen) atoms. The second-order valence-corrected chi connectivity index (χ2v) is 10.1. The predicted octanol–water partition coefficient (Wildman–Crippen LogP) is 4.36. The molecular formula is C29H33ClO9. The largest absolute Gasteiger partial charge is 0.488 e. The van der Waals surface area contributed by atoms with Gasteiger partial charge in [0.05, 0.1) is 19.3 Å². The number of carbonyl (C=O) groups excluding carboxylic acids is 3. The lowest BCUT2D eigenvalue weighted by Crippen LogP contribution is -2.51. The van der Waals surface area contributed by atoms with Crippen molar-refractivity contribution in [3.63, 3.8) is 0 Å². The molecule has 0 aromatic heterocycles. The van der Waals surface area contributed by atoms with Crippen LogP contribution < -0.4 is 4.74 Å². The van der Waals surface area contributed by atoms with E-state index >= 15 is 0 Å². The van der Waals surface area contributed by atoms with Crippen molar-refractivity contribution in [2.75, 3.05) is 19.8 Å². The minimum atomic E-state index is -0.926. The molecule has 0 spiro atoms. The highest BCUT2D eigenvalue weighted by molar-refractivity contribution is 6.31. The summed E-state index contributed by atoms with van der Waals surface area (Å²) in [5, 5.41) is 0.601. The molecule has 0 saturated carbocycles. The lowest BCUT2D eigenvalue weighted by Gasteiger charge is -2.40. The fraction of sp³-hybridized carbons (Fsp3) is 0.483. The summed E-state index contributed by atoms with van der Waals surface area (Å²) in [5.74, 6) is -0.794. The van der Waals surface area contributed by atoms with E-state index in [4.69, 9.17) is 40.0 Å². The van der Waals surface area contributed by atoms with Gasteiger partial charge in [0, 0.05) is 38.6 Å². The van der Waals surface area contributed by atoms with Gasteiger partial charge in [-0.3, -0.25) is 14.4 Å². The lowest BCUT2D eigenvalue weighted by atomic mass is 9.92. The molecule has 0 unspecified atom stereocenters. The molecule has 2 aliphatic rings. The molecule has 10 heteroatoms. The fourth-order valence-electron chi connectivity index (χ4n) is 4.78. The molecule has 2 fully saturated rings. The summed E-state index contributed by atoms with van der Waals surface area (Å²) in [7, 11) is 0. The van der Waals surface area contributed by atoms with Crippen LogP contribution in [0.3, 0.4) is 0 Å². The van der Waals surface area contributed by atoms with Gasteiger partial charge in [-0.15, -0.1) is 0 Å². The third-order valence-electron chi connectivity index (χ3n) is 6.54. The van der Waals surface area contributed by atoms with Gasteiger partial charge in [0.15, 0.2) is 6.10 Å². The number of hydrogen-bond donors (Lipinski definition) is 0. The maximum atomic E-state index is 11.9. The van der Waals surface area contributed by atoms with Gasteiger partial charge in [0.1, 0.15) is 30.7 Å². The van der Waals surface area contributed by atoms with E-state index in [2.05, 4.69) is 0 Å². The maximum absolute atomic E-state index is 11.9. The summed E-state index contributed by atoms with van der Waals surface area (Å²) in [5.41, 5.74) is 2.74. The monoisotopic (exact) mass is 560 g/mol. The van der Waals surface area contributed by atoms with Crippen molar-refractivity contribution in [2.24, 2.45) is 0 Å². The normalized spacial score (nSPS) is 24.6. The minimum absolute atomic E-state index is 0.0818. The summed E-state index contributed by atoms with van der Waals surface area (Å²) in [6.07, 6.45) is -1.29. The Morgan fingerprint density at radius 1 is 0.974 bits per heavy atom. The molecular weight excluding hydrogens is 528 g/mol. The standard InChI is InChI=1S/C29H33ClO9/c1-17(31)35-16-28-29(37-19(3)33)27(36-18(2)32)14-26(39-28)21-6-9-25(30)22(13-21)12-20-4-7-23(8-5-20)38-24-10-11-34-15-24/h4-9,13,24,26-29H,10-12,14-16H2,1-3H3/t24-,26-,27-,28-,29+/m1/s1. The SMILES string of the molecule is CC(=O)OC[C@H]1O[C@@H](c2ccc(Cl)c(Cc3ccc(O[C@@H]4CCOC4)cc3)c2)C[C@@H](OC(C)=O)[C@@H]1OC(C)=O. The molecule has 5 atom stereocenters. The zero-order chi connectivity index (χ0) is 27.9. The predicted molar refractivity (Wildman–Crippen MR) is 141 cm³/mol. The van der Waals surface area contributed by atoms with Crippen LogP contribution in [-0.2, 0) is 44.5 Å². The summed E-state index contributed by atoms with van der Waals surface area (Å²) in [4.78, 5) is 35.1. The molecule has 210 valence electrons. The van der Waals surface area contributed by atoms with Crippen molar-refractivity contribution in [3.05, 3.63) is 64.2 Å². The molecule has 0 aliphatic carbocycles. The highest BCUT2D eigenvalue weighted by atomic mass is 35.5. The van der Waals surface area contributed by atoms with Gasteiger partial charge in [-0.2, -0.15) is 0 Å². The average Bonchev–Trinajstić information content (AvgIpc) is 3.39. The number of halogens is 1. The van der Waals surface area contributed by atoms with Gasteiger partial charge in [-0.25, -0.2) is 0 Å². The molecule has 4 rings (SSSR count). The van der Waals surface area contributed by atoms with Crippen LogP contribution in [0.2, 0.25) is 5.02 Å². The molecule has 0 bridgehead atoms. The van der Waals surface area contributed by atoms with Crippen LogP contribution in [0.4, 0.5) is 0 Å². The fourth-order valence-corrected chi connectivity index (χ4v) is 4.97. The highest BCUT2D eigenvalue weighted by Gasteiger charge is 2.44. The van der Waals surface area contributed by atoms with Gasteiger partial charge in [0.25, 0.3) is 0 Å². The van der Waals surface area contributed by atoms with Crippen molar-refractivity contribution >= 4 is 29.5 Å². The van der Waals surface area contributed by atoms with Crippen LogP contribution in [0.5, 0.6) is 5.75 Å². The van der Waals surface area contributed by atoms with Crippen molar-refractivity contribution in [2.45, 2.75) is 70.6 Å². The molecule has 0 radical (unpaired) electrons. The van der Waals surface area contributed by atoms with Gasteiger partial charge >= 0.3 is 17.9 Å². The van der Waals surface area contributed by atoms with Crippen molar-refractivity contribution in [1.82, 2.24) is 0 Å². The van der Waals surface area contributed by atoms with Crippen LogP contribution in [0, 0.1) is 0 Å². The van der Waals surface area contributed by atoms with E-state index in [1.165, 1.54) is 20.8 Å². The quantitative estimate of drug-likeness (QED) is 0.327. The number of ether oxygens (including phenoxy) is 6. The molecule has 2 heterocycles. The Kier molecular flexibility index (Phi) is 9.83. The van der Waals surface area contributed by atoms with E-state index in [1.807, 2.05) is 36.4 Å². The summed E-state index contributed by atoms with van der Waals surface area (Å²) in [6.45, 7) is 4.98. The molecule has 0 N–H and O–H groups in total. The Hall–Kier alpha value is -3.14. The van der Waals surface area contributed by atoms with Crippen LogP contribution in [0.1, 0.15) is 56.4 Å². The Morgan fingerprint density at radius 2 is 1.72 bits per heavy atom. The van der Waals surface area contributed by atoms with E-state index in [0.717, 1.165) is 35.5 Å². The topological polar surface area (TPSA) is 107 Å². The van der Waals surface area contributed by atoms with E-state index in [-0.39, 0.29) is 19.1 Å². The first-order valence-electron chi connectivity index (χ1n) is 12.9. The van der Waals surface area contributed by atoms with Crippen molar-refractivity contribution in [3.8, 4) is 5.75 Å². The van der Waals surface area contributed by atoms with E-state index < -0.39 is 42.3 Å². The summed E-state index contributed by atoms with van der Waals surface area (Å²) >= 11 is 6.56. The van der Waals surface area contributed by atoms with E-state index in [0.29, 0.717) is 18.1 Å². The average molecular weight is 561 g/mol. The molecule has 0 amide bonds. The Bertz CT molecular complexity index is 1160. The smallest absolute Gasteiger partial charge is 0.303 e. The zero-order valence-electron chi connectivity index (χ0n) is 22.2. The Balaban J connectivity index is 1.52. The number of rotatable bonds is 9. The van der Waals surface area contributed by atoms with E-state index in [9.17, 15) is 14.4 Å². The first-order valence-corrected chi connectivity index (χ1v) is 13.3. The Morgan fingerprint density at radius 3 is 2.36 bits per heavy atom. The van der Waals surface area contributed by atoms with Gasteiger partial charge in [-0.05, 0) is 41.3 Å². The van der Waals surface area contributed by atoms with Crippen LogP contribution in [0.15, 0.2) is 42.5 Å². The number of esters is 3. The molecule has 9 nitrogen and oxygen atoms in total. The van der Waals surface area contributed by atoms with Gasteiger partial charge < -0.3 is 28.4 Å². The molecule has 2 aliphatic heterocycles. The van der Waals surface area contributed by atoms with Crippen LogP contribution >= 0.6 is 11.6 Å². The first-order chi connectivity index (χ1) is 18.7. The second kappa shape index (κ2) is 13.3. The van der Waals surface area contributed by atoms with Crippen LogP contribution in [-0.4, -0.2) is 62.1 Å². The zero-order valence-corrected chi connectivity index (χ0v) is 23.0. The van der Waals surface area contributed by atoms with Gasteiger partial charge in [0.2, 0.25) is 0 Å². The van der Waals surface area contributed by atoms with Gasteiger partial charge in [-0.1, -0.05) is 35.9 Å².